The molecular formula is C20H30IN5O2S. The van der Waals surface area contributed by atoms with E-state index in [0.29, 0.717) is 32.0 Å². The summed E-state index contributed by atoms with van der Waals surface area (Å²) in [5, 5.41) is 18.8. The van der Waals surface area contributed by atoms with Crippen LogP contribution < -0.4 is 10.6 Å². The van der Waals surface area contributed by atoms with Crippen molar-refractivity contribution in [3.63, 3.8) is 0 Å². The van der Waals surface area contributed by atoms with Crippen molar-refractivity contribution in [2.24, 2.45) is 4.99 Å². The number of amides is 1. The second-order valence-electron chi connectivity index (χ2n) is 6.69. The van der Waals surface area contributed by atoms with Gasteiger partial charge >= 0.3 is 0 Å². The Labute approximate surface area is 193 Å². The van der Waals surface area contributed by atoms with Gasteiger partial charge in [0.15, 0.2) is 5.96 Å². The van der Waals surface area contributed by atoms with Crippen LogP contribution in [0.2, 0.25) is 0 Å². The summed E-state index contributed by atoms with van der Waals surface area (Å²) in [6.45, 7) is 5.29. The molecule has 9 heteroatoms. The third-order valence-electron chi connectivity index (χ3n) is 4.22. The highest BCUT2D eigenvalue weighted by Crippen LogP contribution is 2.24. The van der Waals surface area contributed by atoms with Gasteiger partial charge in [0.1, 0.15) is 12.1 Å². The van der Waals surface area contributed by atoms with Crippen molar-refractivity contribution in [1.29, 1.82) is 0 Å². The monoisotopic (exact) mass is 531 g/mol. The van der Waals surface area contributed by atoms with Gasteiger partial charge < -0.3 is 20.6 Å². The van der Waals surface area contributed by atoms with Crippen molar-refractivity contribution in [2.45, 2.75) is 25.9 Å². The zero-order valence-corrected chi connectivity index (χ0v) is 20.2. The van der Waals surface area contributed by atoms with Gasteiger partial charge in [0.2, 0.25) is 5.91 Å². The highest BCUT2D eigenvalue weighted by Gasteiger charge is 2.24. The number of aliphatic imine (C=N–C) groups is 1. The summed E-state index contributed by atoms with van der Waals surface area (Å²) < 4.78 is 0. The quantitative estimate of drug-likeness (QED) is 0.263. The summed E-state index contributed by atoms with van der Waals surface area (Å²) in [5.41, 5.74) is -0.0510. The Balaban J connectivity index is 0.00000420. The summed E-state index contributed by atoms with van der Waals surface area (Å²) in [6, 6.07) is 9.57. The Morgan fingerprint density at radius 3 is 2.72 bits per heavy atom. The molecule has 1 unspecified atom stereocenters. The van der Waals surface area contributed by atoms with Gasteiger partial charge in [-0.05, 0) is 37.4 Å². The molecule has 0 spiro atoms. The Bertz CT molecular complexity index is 753. The Morgan fingerprint density at radius 1 is 1.31 bits per heavy atom. The fourth-order valence-corrected chi connectivity index (χ4v) is 3.28. The molecule has 3 N–H and O–H groups in total. The van der Waals surface area contributed by atoms with E-state index in [-0.39, 0.29) is 36.4 Å². The molecule has 2 aromatic rings. The lowest BCUT2D eigenvalue weighted by Crippen LogP contribution is -2.44. The molecular weight excluding hydrogens is 501 g/mol. The smallest absolute Gasteiger partial charge is 0.244 e. The molecule has 160 valence electrons. The number of pyridine rings is 1. The number of carbonyl (C=O) groups excluding carboxylic acids is 1. The van der Waals surface area contributed by atoms with Gasteiger partial charge in [0.05, 0.1) is 6.54 Å². The third-order valence-corrected chi connectivity index (χ3v) is 5.35. The number of aliphatic hydroxyl groups is 1. The first-order chi connectivity index (χ1) is 13.4. The largest absolute Gasteiger partial charge is 0.383 e. The fourth-order valence-electron chi connectivity index (χ4n) is 2.49. The number of hydrogen-bond donors (Lipinski definition) is 3. The van der Waals surface area contributed by atoms with E-state index in [9.17, 15) is 9.90 Å². The maximum absolute atomic E-state index is 12.4. The van der Waals surface area contributed by atoms with Crippen LogP contribution in [0.1, 0.15) is 24.4 Å². The van der Waals surface area contributed by atoms with Gasteiger partial charge in [-0.1, -0.05) is 12.1 Å². The second-order valence-corrected chi connectivity index (χ2v) is 7.63. The van der Waals surface area contributed by atoms with Gasteiger partial charge in [-0.15, -0.1) is 35.3 Å². The first-order valence-electron chi connectivity index (χ1n) is 9.35. The molecule has 0 aliphatic rings. The number of nitrogens with zero attached hydrogens (tertiary/aromatic N) is 3. The molecule has 0 aliphatic heterocycles. The Kier molecular flexibility index (Phi) is 11.1. The average molecular weight is 531 g/mol. The van der Waals surface area contributed by atoms with Gasteiger partial charge in [0, 0.05) is 43.3 Å². The van der Waals surface area contributed by atoms with E-state index in [1.165, 1.54) is 11.3 Å². The minimum absolute atomic E-state index is 0. The molecule has 2 aromatic heterocycles. The van der Waals surface area contributed by atoms with E-state index in [1.807, 2.05) is 42.6 Å². The van der Waals surface area contributed by atoms with Crippen LogP contribution in [0, 0.1) is 0 Å². The molecule has 29 heavy (non-hydrogen) atoms. The molecule has 0 saturated carbocycles. The van der Waals surface area contributed by atoms with Crippen LogP contribution in [0.25, 0.3) is 0 Å². The maximum atomic E-state index is 12.4. The molecule has 0 bridgehead atoms. The molecule has 7 nitrogen and oxygen atoms in total. The second kappa shape index (κ2) is 12.8. The Morgan fingerprint density at radius 2 is 2.10 bits per heavy atom. The molecule has 0 fully saturated rings. The molecule has 1 amide bonds. The molecule has 2 heterocycles. The van der Waals surface area contributed by atoms with E-state index in [0.717, 1.165) is 10.6 Å². The normalized spacial score (nSPS) is 13.2. The van der Waals surface area contributed by atoms with Gasteiger partial charge in [0.25, 0.3) is 0 Å². The number of rotatable bonds is 9. The van der Waals surface area contributed by atoms with Crippen LogP contribution in [-0.4, -0.2) is 60.1 Å². The van der Waals surface area contributed by atoms with Crippen molar-refractivity contribution >= 4 is 47.2 Å². The third kappa shape index (κ3) is 8.67. The van der Waals surface area contributed by atoms with E-state index < -0.39 is 5.60 Å². The van der Waals surface area contributed by atoms with Crippen LogP contribution in [0.15, 0.2) is 46.9 Å². The van der Waals surface area contributed by atoms with E-state index >= 15 is 0 Å². The number of thiophene rings is 1. The average Bonchev–Trinajstić information content (AvgIpc) is 3.24. The van der Waals surface area contributed by atoms with E-state index in [4.69, 9.17) is 0 Å². The molecule has 0 radical (unpaired) electrons. The number of likely N-dealkylation sites (N-methyl/N-ethyl adjacent to an activating group) is 1. The summed E-state index contributed by atoms with van der Waals surface area (Å²) in [6.07, 6.45) is 2.45. The highest BCUT2D eigenvalue weighted by molar-refractivity contribution is 14.0. The topological polar surface area (TPSA) is 89.9 Å². The van der Waals surface area contributed by atoms with Gasteiger partial charge in [-0.25, -0.2) is 4.99 Å². The van der Waals surface area contributed by atoms with E-state index in [1.54, 1.807) is 25.1 Å². The van der Waals surface area contributed by atoms with E-state index in [2.05, 4.69) is 20.6 Å². The number of nitrogens with one attached hydrogen (secondary N) is 2. The maximum Gasteiger partial charge on any atom is 0.244 e. The number of halogens is 1. The molecule has 2 rings (SSSR count). The van der Waals surface area contributed by atoms with Crippen LogP contribution in [0.3, 0.4) is 0 Å². The lowest BCUT2D eigenvalue weighted by Gasteiger charge is -2.24. The first kappa shape index (κ1) is 25.3. The van der Waals surface area contributed by atoms with Crippen molar-refractivity contribution in [2.75, 3.05) is 33.2 Å². The number of hydrogen-bond acceptors (Lipinski definition) is 5. The highest BCUT2D eigenvalue weighted by atomic mass is 127. The predicted octanol–water partition coefficient (Wildman–Crippen LogP) is 2.22. The summed E-state index contributed by atoms with van der Waals surface area (Å²) in [5.74, 6) is 0.434. The van der Waals surface area contributed by atoms with Crippen LogP contribution in [0.5, 0.6) is 0 Å². The molecule has 1 atom stereocenters. The molecule has 0 aliphatic carbocycles. The van der Waals surface area contributed by atoms with Crippen LogP contribution >= 0.6 is 35.3 Å². The fraction of sp³-hybridized carbons (Fsp3) is 0.450. The number of aromatic nitrogens is 1. The molecule has 0 aromatic carbocycles. The first-order valence-corrected chi connectivity index (χ1v) is 10.2. The van der Waals surface area contributed by atoms with Crippen molar-refractivity contribution in [1.82, 2.24) is 20.5 Å². The van der Waals surface area contributed by atoms with Crippen molar-refractivity contribution in [3.8, 4) is 0 Å². The van der Waals surface area contributed by atoms with Crippen LogP contribution in [-0.2, 0) is 16.8 Å². The Hall–Kier alpha value is -1.72. The van der Waals surface area contributed by atoms with Gasteiger partial charge in [-0.3, -0.25) is 9.78 Å². The van der Waals surface area contributed by atoms with Crippen LogP contribution in [0.4, 0.5) is 0 Å². The zero-order chi connectivity index (χ0) is 20.4. The predicted molar refractivity (Wildman–Crippen MR) is 129 cm³/mol. The van der Waals surface area contributed by atoms with Crippen molar-refractivity contribution in [3.05, 3.63) is 52.5 Å². The summed E-state index contributed by atoms with van der Waals surface area (Å²) >= 11 is 1.50. The minimum atomic E-state index is -1.01. The lowest BCUT2D eigenvalue weighted by molar-refractivity contribution is -0.128. The van der Waals surface area contributed by atoms with Crippen molar-refractivity contribution < 1.29 is 9.90 Å². The number of carbonyl (C=O) groups is 1. The summed E-state index contributed by atoms with van der Waals surface area (Å²) in [7, 11) is 1.77. The number of guanidine groups is 1. The zero-order valence-electron chi connectivity index (χ0n) is 17.1. The summed E-state index contributed by atoms with van der Waals surface area (Å²) in [4.78, 5) is 23.5. The SMILES string of the molecule is CCNC(=NCC(=O)N(C)CCc1ccccn1)NCC(C)(O)c1cccs1.I. The van der Waals surface area contributed by atoms with Gasteiger partial charge in [-0.2, -0.15) is 0 Å². The minimum Gasteiger partial charge on any atom is -0.383 e. The molecule has 0 saturated heterocycles. The lowest BCUT2D eigenvalue weighted by atomic mass is 10.1. The standard InChI is InChI=1S/C20H29N5O2S.HI/c1-4-21-19(24-15-20(2,27)17-9-7-13-28-17)23-14-18(26)25(3)12-10-16-8-5-6-11-22-16;/h5-9,11,13,27H,4,10,12,14-15H2,1-3H3,(H2,21,23,24);1H.